The highest BCUT2D eigenvalue weighted by molar-refractivity contribution is 7.92. The number of nitrogens with zero attached hydrogens (tertiary/aromatic N) is 2. The normalized spacial score (nSPS) is 14.5. The van der Waals surface area contributed by atoms with Crippen LogP contribution < -0.4 is 19.1 Å². The highest BCUT2D eigenvalue weighted by atomic mass is 32.2. The summed E-state index contributed by atoms with van der Waals surface area (Å²) in [6, 6.07) is 11.2. The summed E-state index contributed by atoms with van der Waals surface area (Å²) in [5.41, 5.74) is 1.10. The summed E-state index contributed by atoms with van der Waals surface area (Å²) in [6.07, 6.45) is 2.76. The molecule has 0 spiro atoms. The lowest BCUT2D eigenvalue weighted by Crippen LogP contribution is -2.41. The summed E-state index contributed by atoms with van der Waals surface area (Å²) in [4.78, 5) is 12.7. The molecular formula is C23H31N3O7S2. The molecule has 1 saturated heterocycles. The van der Waals surface area contributed by atoms with Crippen LogP contribution in [0.2, 0.25) is 0 Å². The van der Waals surface area contributed by atoms with Gasteiger partial charge in [-0.25, -0.2) is 16.8 Å². The maximum Gasteiger partial charge on any atom is 0.243 e. The third kappa shape index (κ3) is 6.86. The highest BCUT2D eigenvalue weighted by Gasteiger charge is 2.27. The smallest absolute Gasteiger partial charge is 0.243 e. The first-order chi connectivity index (χ1) is 16.5. The summed E-state index contributed by atoms with van der Waals surface area (Å²) < 4.78 is 63.2. The Balaban J connectivity index is 1.54. The largest absolute Gasteiger partial charge is 0.495 e. The highest BCUT2D eigenvalue weighted by Crippen LogP contribution is 2.30. The number of sulfonamides is 2. The van der Waals surface area contributed by atoms with E-state index in [0.29, 0.717) is 24.6 Å². The van der Waals surface area contributed by atoms with Crippen molar-refractivity contribution in [2.45, 2.75) is 24.7 Å². The fourth-order valence-corrected chi connectivity index (χ4v) is 6.08. The zero-order valence-corrected chi connectivity index (χ0v) is 21.7. The van der Waals surface area contributed by atoms with Crippen molar-refractivity contribution in [3.8, 4) is 11.5 Å². The molecule has 0 unspecified atom stereocenters. The zero-order chi connectivity index (χ0) is 25.6. The van der Waals surface area contributed by atoms with Gasteiger partial charge in [-0.05, 0) is 61.7 Å². The SMILES string of the molecule is COc1ccc(C)cc1N(CC(=O)NCCOc1ccc(S(=O)(=O)N2CCCC2)cc1)S(C)(=O)=O. The number of methoxy groups -OCH3 is 1. The average molecular weight is 526 g/mol. The van der Waals surface area contributed by atoms with Gasteiger partial charge < -0.3 is 14.8 Å². The minimum Gasteiger partial charge on any atom is -0.495 e. The lowest BCUT2D eigenvalue weighted by molar-refractivity contribution is -0.119. The van der Waals surface area contributed by atoms with Gasteiger partial charge in [0.1, 0.15) is 24.7 Å². The summed E-state index contributed by atoms with van der Waals surface area (Å²) >= 11 is 0. The third-order valence-electron chi connectivity index (χ3n) is 5.51. The third-order valence-corrected chi connectivity index (χ3v) is 8.55. The molecule has 2 aromatic rings. The molecule has 0 aliphatic carbocycles. The first kappa shape index (κ1) is 26.8. The number of hydrogen-bond donors (Lipinski definition) is 1. The Kier molecular flexibility index (Phi) is 8.62. The van der Waals surface area contributed by atoms with Gasteiger partial charge in [-0.15, -0.1) is 0 Å². The van der Waals surface area contributed by atoms with E-state index in [0.717, 1.165) is 29.0 Å². The Labute approximate surface area is 206 Å². The second kappa shape index (κ2) is 11.3. The van der Waals surface area contributed by atoms with Crippen LogP contribution in [0, 0.1) is 6.92 Å². The fourth-order valence-electron chi connectivity index (χ4n) is 3.71. The molecule has 0 aromatic heterocycles. The van der Waals surface area contributed by atoms with Gasteiger partial charge in [-0.1, -0.05) is 6.07 Å². The molecule has 1 aliphatic heterocycles. The molecule has 0 radical (unpaired) electrons. The summed E-state index contributed by atoms with van der Waals surface area (Å²) in [5, 5.41) is 2.64. The number of hydrogen-bond acceptors (Lipinski definition) is 7. The Morgan fingerprint density at radius 1 is 1.06 bits per heavy atom. The molecule has 10 nitrogen and oxygen atoms in total. The van der Waals surface area contributed by atoms with E-state index in [1.54, 1.807) is 30.3 Å². The van der Waals surface area contributed by atoms with Crippen LogP contribution >= 0.6 is 0 Å². The number of benzene rings is 2. The maximum atomic E-state index is 12.6. The number of nitrogens with one attached hydrogen (secondary N) is 1. The first-order valence-corrected chi connectivity index (χ1v) is 14.4. The van der Waals surface area contributed by atoms with Crippen molar-refractivity contribution in [2.24, 2.45) is 0 Å². The molecular weight excluding hydrogens is 494 g/mol. The van der Waals surface area contributed by atoms with Gasteiger partial charge in [0.15, 0.2) is 0 Å². The van der Waals surface area contributed by atoms with E-state index >= 15 is 0 Å². The predicted octanol–water partition coefficient (Wildman–Crippen LogP) is 1.75. The summed E-state index contributed by atoms with van der Waals surface area (Å²) in [7, 11) is -5.81. The molecule has 192 valence electrons. The van der Waals surface area contributed by atoms with Gasteiger partial charge in [-0.2, -0.15) is 4.31 Å². The zero-order valence-electron chi connectivity index (χ0n) is 20.1. The monoisotopic (exact) mass is 525 g/mol. The van der Waals surface area contributed by atoms with Crippen LogP contribution in [-0.4, -0.2) is 73.2 Å². The standard InChI is InChI=1S/C23H31N3O7S2/c1-18-6-11-22(32-2)21(16-18)26(34(3,28)29)17-23(27)24-12-15-33-19-7-9-20(10-8-19)35(30,31)25-13-4-5-14-25/h6-11,16H,4-5,12-15,17H2,1-3H3,(H,24,27). The molecule has 0 atom stereocenters. The lowest BCUT2D eigenvalue weighted by atomic mass is 10.2. The van der Waals surface area contributed by atoms with Crippen molar-refractivity contribution < 1.29 is 31.1 Å². The lowest BCUT2D eigenvalue weighted by Gasteiger charge is -2.24. The predicted molar refractivity (Wildman–Crippen MR) is 133 cm³/mol. The Morgan fingerprint density at radius 3 is 2.31 bits per heavy atom. The molecule has 0 saturated carbocycles. The van der Waals surface area contributed by atoms with Crippen molar-refractivity contribution in [1.29, 1.82) is 0 Å². The van der Waals surface area contributed by atoms with Crippen molar-refractivity contribution in [3.05, 3.63) is 48.0 Å². The van der Waals surface area contributed by atoms with Gasteiger partial charge in [0.05, 0.1) is 30.5 Å². The minimum atomic E-state index is -3.75. The van der Waals surface area contributed by atoms with Gasteiger partial charge >= 0.3 is 0 Å². The van der Waals surface area contributed by atoms with Gasteiger partial charge in [0.2, 0.25) is 26.0 Å². The number of carbonyl (C=O) groups excluding carboxylic acids is 1. The fraction of sp³-hybridized carbons (Fsp3) is 0.435. The summed E-state index contributed by atoms with van der Waals surface area (Å²) in [6.45, 7) is 2.73. The van der Waals surface area contributed by atoms with Crippen LogP contribution in [0.4, 0.5) is 5.69 Å². The minimum absolute atomic E-state index is 0.122. The van der Waals surface area contributed by atoms with Gasteiger partial charge in [0.25, 0.3) is 0 Å². The molecule has 1 aliphatic rings. The molecule has 0 bridgehead atoms. The Bertz CT molecular complexity index is 1240. The maximum absolute atomic E-state index is 12.6. The van der Waals surface area contributed by atoms with Crippen LogP contribution in [-0.2, 0) is 24.8 Å². The molecule has 2 aromatic carbocycles. The van der Waals surface area contributed by atoms with E-state index in [9.17, 15) is 21.6 Å². The van der Waals surface area contributed by atoms with E-state index in [1.165, 1.54) is 23.5 Å². The van der Waals surface area contributed by atoms with Crippen molar-refractivity contribution >= 4 is 31.6 Å². The van der Waals surface area contributed by atoms with Crippen LogP contribution in [0.15, 0.2) is 47.4 Å². The molecule has 1 fully saturated rings. The van der Waals surface area contributed by atoms with Crippen LogP contribution in [0.3, 0.4) is 0 Å². The van der Waals surface area contributed by atoms with E-state index in [-0.39, 0.29) is 23.7 Å². The van der Waals surface area contributed by atoms with E-state index in [1.807, 2.05) is 6.92 Å². The Morgan fingerprint density at radius 2 is 1.71 bits per heavy atom. The van der Waals surface area contributed by atoms with E-state index in [2.05, 4.69) is 5.32 Å². The quantitative estimate of drug-likeness (QED) is 0.444. The topological polar surface area (TPSA) is 122 Å². The number of rotatable bonds is 11. The Hall–Kier alpha value is -2.83. The van der Waals surface area contributed by atoms with E-state index < -0.39 is 32.5 Å². The van der Waals surface area contributed by atoms with Gasteiger partial charge in [0, 0.05) is 13.1 Å². The van der Waals surface area contributed by atoms with Crippen LogP contribution in [0.1, 0.15) is 18.4 Å². The summed E-state index contributed by atoms with van der Waals surface area (Å²) in [5.74, 6) is 0.295. The first-order valence-electron chi connectivity index (χ1n) is 11.1. The van der Waals surface area contributed by atoms with Crippen molar-refractivity contribution in [1.82, 2.24) is 9.62 Å². The molecule has 3 rings (SSSR count). The number of ether oxygens (including phenoxy) is 2. The molecule has 1 heterocycles. The second-order valence-corrected chi connectivity index (χ2v) is 12.1. The average Bonchev–Trinajstić information content (AvgIpc) is 3.36. The second-order valence-electron chi connectivity index (χ2n) is 8.23. The number of carbonyl (C=O) groups is 1. The number of aryl methyl sites for hydroxylation is 1. The van der Waals surface area contributed by atoms with Gasteiger partial charge in [-0.3, -0.25) is 9.10 Å². The number of anilines is 1. The van der Waals surface area contributed by atoms with Crippen molar-refractivity contribution in [3.63, 3.8) is 0 Å². The van der Waals surface area contributed by atoms with Crippen molar-refractivity contribution in [2.75, 3.05) is 50.5 Å². The van der Waals surface area contributed by atoms with Crippen LogP contribution in [0.25, 0.3) is 0 Å². The molecule has 35 heavy (non-hydrogen) atoms. The molecule has 1 amide bonds. The number of amides is 1. The molecule has 12 heteroatoms. The van der Waals surface area contributed by atoms with Crippen LogP contribution in [0.5, 0.6) is 11.5 Å². The van der Waals surface area contributed by atoms with E-state index in [4.69, 9.17) is 9.47 Å². The molecule has 1 N–H and O–H groups in total.